The van der Waals surface area contributed by atoms with E-state index in [4.69, 9.17) is 9.47 Å². The first-order chi connectivity index (χ1) is 12.2. The summed E-state index contributed by atoms with van der Waals surface area (Å²) in [4.78, 5) is 34.6. The Kier molecular flexibility index (Phi) is 6.31. The van der Waals surface area contributed by atoms with Gasteiger partial charge >= 0.3 is 18.0 Å². The predicted molar refractivity (Wildman–Crippen MR) is 94.1 cm³/mol. The van der Waals surface area contributed by atoms with E-state index in [9.17, 15) is 19.5 Å². The second-order valence-electron chi connectivity index (χ2n) is 7.79. The molecule has 0 spiro atoms. The van der Waals surface area contributed by atoms with Crippen LogP contribution in [0.15, 0.2) is 11.6 Å². The molecule has 146 valence electrons. The van der Waals surface area contributed by atoms with Crippen molar-refractivity contribution in [2.45, 2.75) is 59.7 Å². The Bertz CT molecular complexity index is 599. The number of hydrogen-bond donors (Lipinski definition) is 2. The smallest absolute Gasteiger partial charge is 0.410 e. The molecule has 0 aliphatic heterocycles. The van der Waals surface area contributed by atoms with E-state index in [-0.39, 0.29) is 24.8 Å². The second kappa shape index (κ2) is 8.10. The molecule has 0 saturated heterocycles. The molecular formula is C19H29NO6. The Hall–Kier alpha value is -2.05. The Morgan fingerprint density at radius 1 is 1.35 bits per heavy atom. The molecule has 0 bridgehead atoms. The van der Waals surface area contributed by atoms with E-state index in [0.717, 1.165) is 19.3 Å². The number of carboxylic acid groups (broad SMARTS) is 1. The van der Waals surface area contributed by atoms with Crippen LogP contribution in [0, 0.1) is 23.2 Å². The van der Waals surface area contributed by atoms with E-state index in [1.165, 1.54) is 12.5 Å². The normalized spacial score (nSPS) is 27.8. The summed E-state index contributed by atoms with van der Waals surface area (Å²) in [6.07, 6.45) is 3.33. The minimum atomic E-state index is -0.963. The van der Waals surface area contributed by atoms with Crippen molar-refractivity contribution in [3.63, 3.8) is 0 Å². The fraction of sp³-hybridized carbons (Fsp3) is 0.737. The highest BCUT2D eigenvalue weighted by molar-refractivity contribution is 5.70. The van der Waals surface area contributed by atoms with Gasteiger partial charge in [-0.3, -0.25) is 9.59 Å². The van der Waals surface area contributed by atoms with Gasteiger partial charge < -0.3 is 19.9 Å². The van der Waals surface area contributed by atoms with Crippen LogP contribution in [0.2, 0.25) is 0 Å². The van der Waals surface area contributed by atoms with Crippen molar-refractivity contribution in [1.82, 2.24) is 5.32 Å². The van der Waals surface area contributed by atoms with Crippen LogP contribution in [-0.2, 0) is 19.1 Å². The fourth-order valence-corrected chi connectivity index (χ4v) is 4.16. The summed E-state index contributed by atoms with van der Waals surface area (Å²) < 4.78 is 10.2. The number of esters is 1. The number of rotatable bonds is 8. The van der Waals surface area contributed by atoms with Crippen molar-refractivity contribution >= 4 is 18.0 Å². The molecule has 4 atom stereocenters. The standard InChI is InChI=1S/C19H29NO6/c1-5-13-6-14-8-19(9-16(22)23,15(14)7-13)10-20-18(24)26-17(11(2)3)25-12(4)21/h7,11,14-15,17H,5-6,8-10H2,1-4H3,(H,20,24)(H,22,23)/t14-,15+,17-,19+/m1/s1. The molecule has 2 N–H and O–H groups in total. The number of allylic oxidation sites excluding steroid dienone is 2. The average Bonchev–Trinajstić information content (AvgIpc) is 2.88. The van der Waals surface area contributed by atoms with Gasteiger partial charge in [0.1, 0.15) is 0 Å². The maximum atomic E-state index is 12.1. The van der Waals surface area contributed by atoms with Crippen LogP contribution < -0.4 is 5.32 Å². The average molecular weight is 367 g/mol. The summed E-state index contributed by atoms with van der Waals surface area (Å²) in [5.41, 5.74) is 0.894. The summed E-state index contributed by atoms with van der Waals surface area (Å²) in [6, 6.07) is 0. The molecule has 1 fully saturated rings. The maximum Gasteiger partial charge on any atom is 0.410 e. The lowest BCUT2D eigenvalue weighted by atomic mass is 9.53. The molecule has 2 aliphatic rings. The lowest BCUT2D eigenvalue weighted by Crippen LogP contribution is -2.53. The summed E-state index contributed by atoms with van der Waals surface area (Å²) in [5.74, 6) is -0.911. The van der Waals surface area contributed by atoms with Crippen LogP contribution in [0.4, 0.5) is 4.79 Å². The third-order valence-electron chi connectivity index (χ3n) is 5.42. The van der Waals surface area contributed by atoms with Crippen LogP contribution in [-0.4, -0.2) is 36.0 Å². The number of amides is 1. The van der Waals surface area contributed by atoms with Crippen molar-refractivity contribution in [1.29, 1.82) is 0 Å². The van der Waals surface area contributed by atoms with Gasteiger partial charge in [-0.05, 0) is 31.1 Å². The van der Waals surface area contributed by atoms with Gasteiger partial charge in [0.2, 0.25) is 0 Å². The lowest BCUT2D eigenvalue weighted by molar-refractivity contribution is -0.172. The largest absolute Gasteiger partial charge is 0.481 e. The highest BCUT2D eigenvalue weighted by atomic mass is 16.7. The van der Waals surface area contributed by atoms with Crippen LogP contribution in [0.25, 0.3) is 0 Å². The molecule has 2 aliphatic carbocycles. The Morgan fingerprint density at radius 3 is 2.58 bits per heavy atom. The van der Waals surface area contributed by atoms with Crippen molar-refractivity contribution in [3.05, 3.63) is 11.6 Å². The van der Waals surface area contributed by atoms with E-state index in [1.54, 1.807) is 13.8 Å². The zero-order chi connectivity index (χ0) is 19.5. The van der Waals surface area contributed by atoms with Gasteiger partial charge in [0, 0.05) is 24.8 Å². The first-order valence-electron chi connectivity index (χ1n) is 9.20. The molecule has 7 heteroatoms. The van der Waals surface area contributed by atoms with Gasteiger partial charge in [-0.1, -0.05) is 32.4 Å². The molecule has 26 heavy (non-hydrogen) atoms. The monoisotopic (exact) mass is 367 g/mol. The van der Waals surface area contributed by atoms with E-state index in [2.05, 4.69) is 18.3 Å². The summed E-state index contributed by atoms with van der Waals surface area (Å²) in [7, 11) is 0. The van der Waals surface area contributed by atoms with Crippen LogP contribution in [0.3, 0.4) is 0 Å². The Labute approximate surface area is 154 Å². The van der Waals surface area contributed by atoms with E-state index in [1.807, 2.05) is 0 Å². The minimum absolute atomic E-state index is 0.0134. The Morgan fingerprint density at radius 2 is 2.04 bits per heavy atom. The molecular weight excluding hydrogens is 338 g/mol. The van der Waals surface area contributed by atoms with Crippen LogP contribution in [0.1, 0.15) is 53.4 Å². The van der Waals surface area contributed by atoms with Crippen molar-refractivity contribution < 1.29 is 29.0 Å². The number of nitrogens with one attached hydrogen (secondary N) is 1. The third kappa shape index (κ3) is 4.56. The second-order valence-corrected chi connectivity index (χ2v) is 7.79. The van der Waals surface area contributed by atoms with Crippen molar-refractivity contribution in [2.75, 3.05) is 6.54 Å². The van der Waals surface area contributed by atoms with Crippen molar-refractivity contribution in [2.24, 2.45) is 23.2 Å². The van der Waals surface area contributed by atoms with E-state index >= 15 is 0 Å². The summed E-state index contributed by atoms with van der Waals surface area (Å²) in [5, 5.41) is 12.0. The number of aliphatic carboxylic acids is 1. The number of fused-ring (bicyclic) bond motifs is 1. The molecule has 1 amide bonds. The summed E-state index contributed by atoms with van der Waals surface area (Å²) in [6.45, 7) is 7.15. The lowest BCUT2D eigenvalue weighted by Gasteiger charge is -2.51. The molecule has 1 saturated carbocycles. The zero-order valence-corrected chi connectivity index (χ0v) is 15.9. The van der Waals surface area contributed by atoms with Gasteiger partial charge in [0.25, 0.3) is 6.29 Å². The molecule has 0 unspecified atom stereocenters. The molecule has 2 rings (SSSR count). The maximum absolute atomic E-state index is 12.1. The molecule has 0 aromatic heterocycles. The first kappa shape index (κ1) is 20.3. The number of ether oxygens (including phenoxy) is 2. The Balaban J connectivity index is 1.97. The minimum Gasteiger partial charge on any atom is -0.481 e. The van der Waals surface area contributed by atoms with Gasteiger partial charge in [-0.2, -0.15) is 0 Å². The number of carbonyl (C=O) groups is 3. The molecule has 0 radical (unpaired) electrons. The number of alkyl carbamates (subject to hydrolysis) is 1. The number of carboxylic acids is 1. The number of hydrogen-bond acceptors (Lipinski definition) is 5. The van der Waals surface area contributed by atoms with Gasteiger partial charge in [-0.25, -0.2) is 4.79 Å². The molecule has 0 heterocycles. The van der Waals surface area contributed by atoms with Gasteiger partial charge in [-0.15, -0.1) is 0 Å². The van der Waals surface area contributed by atoms with Gasteiger partial charge in [0.05, 0.1) is 6.42 Å². The van der Waals surface area contributed by atoms with E-state index < -0.39 is 29.7 Å². The van der Waals surface area contributed by atoms with E-state index in [0.29, 0.717) is 5.92 Å². The highest BCUT2D eigenvalue weighted by Gasteiger charge is 2.55. The van der Waals surface area contributed by atoms with Gasteiger partial charge in [0.15, 0.2) is 0 Å². The quantitative estimate of drug-likeness (QED) is 0.388. The van der Waals surface area contributed by atoms with Crippen molar-refractivity contribution in [3.8, 4) is 0 Å². The third-order valence-corrected chi connectivity index (χ3v) is 5.42. The van der Waals surface area contributed by atoms with Crippen LogP contribution in [0.5, 0.6) is 0 Å². The SMILES string of the molecule is CCC1=C[C@H]2[C@H](C1)C[C@@]2(CNC(=O)O[C@@H](OC(C)=O)C(C)C)CC(=O)O. The zero-order valence-electron chi connectivity index (χ0n) is 15.9. The molecule has 0 aromatic rings. The molecule has 0 aromatic carbocycles. The van der Waals surface area contributed by atoms with Crippen LogP contribution >= 0.6 is 0 Å². The highest BCUT2D eigenvalue weighted by Crippen LogP contribution is 2.59. The topological polar surface area (TPSA) is 102 Å². The first-order valence-corrected chi connectivity index (χ1v) is 9.20. The number of carbonyl (C=O) groups excluding carboxylic acids is 2. The predicted octanol–water partition coefficient (Wildman–Crippen LogP) is 3.10. The summed E-state index contributed by atoms with van der Waals surface area (Å²) >= 11 is 0. The molecule has 7 nitrogen and oxygen atoms in total. The fourth-order valence-electron chi connectivity index (χ4n) is 4.16.